The summed E-state index contributed by atoms with van der Waals surface area (Å²) < 4.78 is 2.21. The first-order chi connectivity index (χ1) is 7.75. The molecule has 16 heavy (non-hydrogen) atoms. The van der Waals surface area contributed by atoms with Gasteiger partial charge in [-0.25, -0.2) is 4.98 Å². The summed E-state index contributed by atoms with van der Waals surface area (Å²) in [6.07, 6.45) is 10.6. The highest BCUT2D eigenvalue weighted by atomic mass is 79.9. The zero-order valence-electron chi connectivity index (χ0n) is 9.79. The van der Waals surface area contributed by atoms with Crippen LogP contribution in [0.1, 0.15) is 45.4 Å². The number of nitrogens with zero attached hydrogens (tertiary/aromatic N) is 2. The van der Waals surface area contributed by atoms with Gasteiger partial charge in [-0.3, -0.25) is 9.36 Å². The summed E-state index contributed by atoms with van der Waals surface area (Å²) >= 11 is 3.19. The van der Waals surface area contributed by atoms with Crippen molar-refractivity contribution in [2.45, 2.75) is 52.0 Å². The first-order valence-electron chi connectivity index (χ1n) is 5.95. The van der Waals surface area contributed by atoms with Gasteiger partial charge in [0.15, 0.2) is 0 Å². The zero-order chi connectivity index (χ0) is 11.8. The molecule has 1 heterocycles. The molecular formula is C12H19BrN2O. The van der Waals surface area contributed by atoms with Gasteiger partial charge in [0.1, 0.15) is 4.47 Å². The van der Waals surface area contributed by atoms with Gasteiger partial charge in [0.05, 0.1) is 6.33 Å². The summed E-state index contributed by atoms with van der Waals surface area (Å²) in [6.45, 7) is 2.99. The zero-order valence-corrected chi connectivity index (χ0v) is 11.4. The first-order valence-corrected chi connectivity index (χ1v) is 6.75. The topological polar surface area (TPSA) is 34.9 Å². The number of halogens is 1. The molecular weight excluding hydrogens is 268 g/mol. The van der Waals surface area contributed by atoms with Crippen molar-refractivity contribution in [1.82, 2.24) is 9.55 Å². The minimum atomic E-state index is 0.0172. The van der Waals surface area contributed by atoms with Gasteiger partial charge in [-0.1, -0.05) is 39.0 Å². The maximum absolute atomic E-state index is 11.6. The van der Waals surface area contributed by atoms with E-state index >= 15 is 0 Å². The molecule has 0 aromatic carbocycles. The Morgan fingerprint density at radius 3 is 2.69 bits per heavy atom. The van der Waals surface area contributed by atoms with Crippen molar-refractivity contribution in [3.63, 3.8) is 0 Å². The molecule has 0 aliphatic heterocycles. The Morgan fingerprint density at radius 2 is 1.94 bits per heavy atom. The fourth-order valence-electron chi connectivity index (χ4n) is 1.65. The highest BCUT2D eigenvalue weighted by molar-refractivity contribution is 9.10. The lowest BCUT2D eigenvalue weighted by atomic mass is 10.1. The van der Waals surface area contributed by atoms with Crippen molar-refractivity contribution in [3.8, 4) is 0 Å². The molecule has 0 atom stereocenters. The number of hydrogen-bond donors (Lipinski definition) is 0. The Kier molecular flexibility index (Phi) is 6.38. The summed E-state index contributed by atoms with van der Waals surface area (Å²) in [7, 11) is 0. The maximum atomic E-state index is 11.6. The molecule has 0 saturated heterocycles. The number of aromatic nitrogens is 2. The quantitative estimate of drug-likeness (QED) is 0.721. The van der Waals surface area contributed by atoms with Gasteiger partial charge in [0, 0.05) is 12.7 Å². The van der Waals surface area contributed by atoms with E-state index in [0.717, 1.165) is 13.0 Å². The van der Waals surface area contributed by atoms with Crippen LogP contribution in [0.4, 0.5) is 0 Å². The Bertz CT molecular complexity index is 362. The molecule has 0 unspecified atom stereocenters. The molecule has 4 heteroatoms. The Labute approximate surface area is 105 Å². The second-order valence-corrected chi connectivity index (χ2v) is 4.86. The summed E-state index contributed by atoms with van der Waals surface area (Å²) in [5, 5.41) is 0. The Hall–Kier alpha value is -0.640. The third-order valence-electron chi connectivity index (χ3n) is 2.61. The lowest BCUT2D eigenvalue weighted by Crippen LogP contribution is -2.20. The molecule has 0 saturated carbocycles. The van der Waals surface area contributed by atoms with Crippen LogP contribution in [-0.4, -0.2) is 9.55 Å². The lowest BCUT2D eigenvalue weighted by Gasteiger charge is -2.04. The molecule has 1 rings (SSSR count). The van der Waals surface area contributed by atoms with Crippen molar-refractivity contribution < 1.29 is 0 Å². The van der Waals surface area contributed by atoms with E-state index in [0.29, 0.717) is 4.47 Å². The van der Waals surface area contributed by atoms with Gasteiger partial charge in [0.2, 0.25) is 0 Å². The van der Waals surface area contributed by atoms with Gasteiger partial charge in [-0.2, -0.15) is 0 Å². The minimum absolute atomic E-state index is 0.0172. The standard InChI is InChI=1S/C12H19BrN2O/c1-2-3-4-5-6-7-8-15-10-14-9-11(13)12(15)16/h9-10H,2-8H2,1H3. The third-order valence-corrected chi connectivity index (χ3v) is 3.16. The lowest BCUT2D eigenvalue weighted by molar-refractivity contribution is 0.544. The van der Waals surface area contributed by atoms with E-state index in [1.165, 1.54) is 32.1 Å². The predicted octanol–water partition coefficient (Wildman–Crippen LogP) is 3.37. The average Bonchev–Trinajstić information content (AvgIpc) is 2.29. The fraction of sp³-hybridized carbons (Fsp3) is 0.667. The highest BCUT2D eigenvalue weighted by Gasteiger charge is 1.99. The van der Waals surface area contributed by atoms with Gasteiger partial charge in [-0.05, 0) is 22.4 Å². The van der Waals surface area contributed by atoms with E-state index in [2.05, 4.69) is 27.8 Å². The third kappa shape index (κ3) is 4.47. The van der Waals surface area contributed by atoms with Gasteiger partial charge in [0.25, 0.3) is 5.56 Å². The summed E-state index contributed by atoms with van der Waals surface area (Å²) in [5.74, 6) is 0. The van der Waals surface area contributed by atoms with E-state index in [1.807, 2.05) is 0 Å². The number of hydrogen-bond acceptors (Lipinski definition) is 2. The molecule has 0 N–H and O–H groups in total. The molecule has 0 bridgehead atoms. The smallest absolute Gasteiger partial charge is 0.267 e. The van der Waals surface area contributed by atoms with Crippen molar-refractivity contribution in [2.75, 3.05) is 0 Å². The summed E-state index contributed by atoms with van der Waals surface area (Å²) in [6, 6.07) is 0. The van der Waals surface area contributed by atoms with Crippen LogP contribution < -0.4 is 5.56 Å². The van der Waals surface area contributed by atoms with Crippen LogP contribution in [-0.2, 0) is 6.54 Å². The van der Waals surface area contributed by atoms with E-state index in [-0.39, 0.29) is 5.56 Å². The number of unbranched alkanes of at least 4 members (excludes halogenated alkanes) is 5. The molecule has 0 aliphatic rings. The van der Waals surface area contributed by atoms with Crippen LogP contribution in [0.2, 0.25) is 0 Å². The molecule has 0 spiro atoms. The molecule has 0 amide bonds. The Morgan fingerprint density at radius 1 is 1.25 bits per heavy atom. The molecule has 90 valence electrons. The van der Waals surface area contributed by atoms with Crippen molar-refractivity contribution in [3.05, 3.63) is 27.4 Å². The predicted molar refractivity (Wildman–Crippen MR) is 69.6 cm³/mol. The van der Waals surface area contributed by atoms with Crippen LogP contribution in [0, 0.1) is 0 Å². The van der Waals surface area contributed by atoms with Crippen molar-refractivity contribution in [1.29, 1.82) is 0 Å². The van der Waals surface area contributed by atoms with Crippen LogP contribution in [0.25, 0.3) is 0 Å². The van der Waals surface area contributed by atoms with E-state index < -0.39 is 0 Å². The molecule has 0 radical (unpaired) electrons. The largest absolute Gasteiger partial charge is 0.298 e. The molecule has 0 aliphatic carbocycles. The van der Waals surface area contributed by atoms with E-state index in [9.17, 15) is 4.79 Å². The highest BCUT2D eigenvalue weighted by Crippen LogP contribution is 2.06. The van der Waals surface area contributed by atoms with Gasteiger partial charge in [-0.15, -0.1) is 0 Å². The van der Waals surface area contributed by atoms with Crippen LogP contribution in [0.3, 0.4) is 0 Å². The molecule has 1 aromatic rings. The van der Waals surface area contributed by atoms with Crippen LogP contribution in [0.5, 0.6) is 0 Å². The second-order valence-electron chi connectivity index (χ2n) is 4.01. The normalized spacial score (nSPS) is 10.6. The molecule has 1 aromatic heterocycles. The van der Waals surface area contributed by atoms with E-state index in [1.54, 1.807) is 17.1 Å². The van der Waals surface area contributed by atoms with Crippen LogP contribution >= 0.6 is 15.9 Å². The fourth-order valence-corrected chi connectivity index (χ4v) is 1.99. The average molecular weight is 287 g/mol. The molecule has 3 nitrogen and oxygen atoms in total. The molecule has 0 fully saturated rings. The van der Waals surface area contributed by atoms with Gasteiger partial charge >= 0.3 is 0 Å². The Balaban J connectivity index is 2.27. The number of aryl methyl sites for hydroxylation is 1. The number of rotatable bonds is 7. The van der Waals surface area contributed by atoms with Crippen molar-refractivity contribution in [2.24, 2.45) is 0 Å². The first kappa shape index (κ1) is 13.4. The second kappa shape index (κ2) is 7.60. The maximum Gasteiger partial charge on any atom is 0.267 e. The monoisotopic (exact) mass is 286 g/mol. The van der Waals surface area contributed by atoms with Crippen molar-refractivity contribution >= 4 is 15.9 Å². The van der Waals surface area contributed by atoms with E-state index in [4.69, 9.17) is 0 Å². The minimum Gasteiger partial charge on any atom is -0.298 e. The van der Waals surface area contributed by atoms with Crippen LogP contribution in [0.15, 0.2) is 21.8 Å². The summed E-state index contributed by atoms with van der Waals surface area (Å²) in [4.78, 5) is 15.6. The summed E-state index contributed by atoms with van der Waals surface area (Å²) in [5.41, 5.74) is 0.0172. The van der Waals surface area contributed by atoms with Gasteiger partial charge < -0.3 is 0 Å². The SMILES string of the molecule is CCCCCCCCn1cncc(Br)c1=O.